The molecule has 0 saturated heterocycles. The average molecular weight is 317 g/mol. The maximum atomic E-state index is 5.44. The van der Waals surface area contributed by atoms with Crippen molar-refractivity contribution in [3.63, 3.8) is 0 Å². The van der Waals surface area contributed by atoms with Gasteiger partial charge in [0.1, 0.15) is 0 Å². The van der Waals surface area contributed by atoms with Crippen molar-refractivity contribution in [3.05, 3.63) is 12.2 Å². The third-order valence-electron chi connectivity index (χ3n) is 4.75. The summed E-state index contributed by atoms with van der Waals surface area (Å²) in [6.07, 6.45) is 10.3. The van der Waals surface area contributed by atoms with Crippen LogP contribution < -0.4 is 0 Å². The maximum Gasteiger partial charge on any atom is 0.500 e. The van der Waals surface area contributed by atoms with E-state index < -0.39 is 8.80 Å². The topological polar surface area (TPSA) is 27.7 Å². The molecule has 0 radical (unpaired) electrons. The van der Waals surface area contributed by atoms with Crippen molar-refractivity contribution in [1.82, 2.24) is 0 Å². The van der Waals surface area contributed by atoms with Crippen LogP contribution in [0.5, 0.6) is 0 Å². The Hall–Kier alpha value is 0.187. The molecule has 1 saturated carbocycles. The summed E-state index contributed by atoms with van der Waals surface area (Å²) >= 11 is 2.07. The fraction of sp³-hybridized carbons (Fsp3) is 0.867. The minimum atomic E-state index is -2.34. The van der Waals surface area contributed by atoms with E-state index in [1.807, 2.05) is 0 Å². The summed E-state index contributed by atoms with van der Waals surface area (Å²) in [7, 11) is 2.73. The van der Waals surface area contributed by atoms with Crippen molar-refractivity contribution < 1.29 is 13.3 Å². The highest BCUT2D eigenvalue weighted by molar-refractivity contribution is 7.99. The normalized spacial score (nSPS) is 28.4. The first-order valence-electron chi connectivity index (χ1n) is 7.64. The molecule has 0 N–H and O–H groups in total. The van der Waals surface area contributed by atoms with Crippen molar-refractivity contribution in [2.24, 2.45) is 17.8 Å². The van der Waals surface area contributed by atoms with Gasteiger partial charge in [-0.15, -0.1) is 0 Å². The van der Waals surface area contributed by atoms with Crippen LogP contribution in [0.4, 0.5) is 0 Å². The van der Waals surface area contributed by atoms with Gasteiger partial charge in [-0.3, -0.25) is 0 Å². The van der Waals surface area contributed by atoms with Gasteiger partial charge in [-0.25, -0.2) is 0 Å². The molecule has 20 heavy (non-hydrogen) atoms. The van der Waals surface area contributed by atoms with E-state index in [9.17, 15) is 0 Å². The monoisotopic (exact) mass is 316 g/mol. The van der Waals surface area contributed by atoms with Crippen molar-refractivity contribution in [1.29, 1.82) is 0 Å². The lowest BCUT2D eigenvalue weighted by atomic mass is 9.91. The lowest BCUT2D eigenvalue weighted by Gasteiger charge is -2.24. The van der Waals surface area contributed by atoms with Gasteiger partial charge < -0.3 is 13.3 Å². The molecule has 0 spiro atoms. The van der Waals surface area contributed by atoms with Crippen molar-refractivity contribution in [2.45, 2.75) is 31.7 Å². The molecule has 0 aromatic heterocycles. The Balaban J connectivity index is 1.53. The van der Waals surface area contributed by atoms with Gasteiger partial charge >= 0.3 is 8.80 Å². The highest BCUT2D eigenvalue weighted by atomic mass is 32.2. The van der Waals surface area contributed by atoms with E-state index in [-0.39, 0.29) is 0 Å². The highest BCUT2D eigenvalue weighted by Crippen LogP contribution is 2.45. The number of hydrogen-bond donors (Lipinski definition) is 0. The Morgan fingerprint density at radius 3 is 2.35 bits per heavy atom. The lowest BCUT2D eigenvalue weighted by Crippen LogP contribution is -2.42. The summed E-state index contributed by atoms with van der Waals surface area (Å²) < 4.78 is 16.3. The molecular weight excluding hydrogens is 288 g/mol. The summed E-state index contributed by atoms with van der Waals surface area (Å²) in [6, 6.07) is 0.917. The van der Waals surface area contributed by atoms with Gasteiger partial charge in [0.05, 0.1) is 0 Å². The molecule has 3 nitrogen and oxygen atoms in total. The van der Waals surface area contributed by atoms with Crippen LogP contribution in [0, 0.1) is 17.8 Å². The first-order chi connectivity index (χ1) is 9.73. The second-order valence-corrected chi connectivity index (χ2v) is 10.2. The Morgan fingerprint density at radius 2 is 1.80 bits per heavy atom. The highest BCUT2D eigenvalue weighted by Gasteiger charge is 2.37. The Bertz CT molecular complexity index is 312. The zero-order valence-electron chi connectivity index (χ0n) is 13.0. The molecule has 3 unspecified atom stereocenters. The quantitative estimate of drug-likeness (QED) is 0.350. The van der Waals surface area contributed by atoms with Gasteiger partial charge in [0.25, 0.3) is 0 Å². The molecule has 0 aromatic rings. The average Bonchev–Trinajstić information content (AvgIpc) is 3.10. The molecule has 3 atom stereocenters. The van der Waals surface area contributed by atoms with Gasteiger partial charge in [-0.1, -0.05) is 12.2 Å². The summed E-state index contributed by atoms with van der Waals surface area (Å²) in [5.74, 6) is 5.25. The largest absolute Gasteiger partial charge is 0.500 e. The molecule has 2 bridgehead atoms. The molecule has 0 amide bonds. The van der Waals surface area contributed by atoms with Gasteiger partial charge in [0.2, 0.25) is 0 Å². The fourth-order valence-electron chi connectivity index (χ4n) is 3.51. The summed E-state index contributed by atoms with van der Waals surface area (Å²) in [4.78, 5) is 0. The van der Waals surface area contributed by atoms with Gasteiger partial charge in [0.15, 0.2) is 0 Å². The van der Waals surface area contributed by atoms with E-state index in [1.54, 1.807) is 21.3 Å². The molecule has 2 aliphatic carbocycles. The Labute approximate surface area is 128 Å². The predicted molar refractivity (Wildman–Crippen MR) is 87.0 cm³/mol. The second-order valence-electron chi connectivity index (χ2n) is 5.84. The molecule has 116 valence electrons. The van der Waals surface area contributed by atoms with E-state index >= 15 is 0 Å². The first-order valence-corrected chi connectivity index (χ1v) is 10.7. The van der Waals surface area contributed by atoms with Crippen LogP contribution in [0.3, 0.4) is 0 Å². The molecule has 1 fully saturated rings. The Kier molecular flexibility index (Phi) is 6.61. The number of fused-ring (bicyclic) bond motifs is 2. The summed E-state index contributed by atoms with van der Waals surface area (Å²) in [6.45, 7) is 0. The molecule has 2 aliphatic rings. The maximum absolute atomic E-state index is 5.44. The van der Waals surface area contributed by atoms with Crippen molar-refractivity contribution >= 4 is 20.6 Å². The smallest absolute Gasteiger partial charge is 0.377 e. The van der Waals surface area contributed by atoms with Crippen LogP contribution in [0.2, 0.25) is 6.04 Å². The fourth-order valence-corrected chi connectivity index (χ4v) is 6.51. The second kappa shape index (κ2) is 7.99. The van der Waals surface area contributed by atoms with Crippen LogP contribution in [0.25, 0.3) is 0 Å². The first kappa shape index (κ1) is 16.6. The van der Waals surface area contributed by atoms with E-state index in [0.717, 1.165) is 30.2 Å². The molecule has 0 aliphatic heterocycles. The lowest BCUT2D eigenvalue weighted by molar-refractivity contribution is 0.123. The van der Waals surface area contributed by atoms with Gasteiger partial charge in [-0.05, 0) is 54.9 Å². The van der Waals surface area contributed by atoms with E-state index in [1.165, 1.54) is 30.8 Å². The third-order valence-corrected chi connectivity index (χ3v) is 8.69. The van der Waals surface area contributed by atoms with Gasteiger partial charge in [0, 0.05) is 27.4 Å². The molecule has 5 heteroatoms. The number of hydrogen-bond acceptors (Lipinski definition) is 4. The number of thioether (sulfide) groups is 1. The number of allylic oxidation sites excluding steroid dienone is 2. The molecular formula is C15H28O3SSi. The van der Waals surface area contributed by atoms with Crippen LogP contribution in [0.1, 0.15) is 25.7 Å². The minimum Gasteiger partial charge on any atom is -0.377 e. The third kappa shape index (κ3) is 4.10. The predicted octanol–water partition coefficient (Wildman–Crippen LogP) is 3.59. The molecule has 0 heterocycles. The van der Waals surface area contributed by atoms with E-state index in [0.29, 0.717) is 0 Å². The SMILES string of the molecule is CO[Si](CCCSCCC1CC2C=CC1C2)(OC)OC. The zero-order valence-corrected chi connectivity index (χ0v) is 14.8. The van der Waals surface area contributed by atoms with Crippen molar-refractivity contribution in [2.75, 3.05) is 32.8 Å². The van der Waals surface area contributed by atoms with Crippen LogP contribution in [-0.4, -0.2) is 41.6 Å². The van der Waals surface area contributed by atoms with E-state index in [2.05, 4.69) is 23.9 Å². The van der Waals surface area contributed by atoms with Crippen LogP contribution in [0.15, 0.2) is 12.2 Å². The standard InChI is InChI=1S/C15H28O3SSi/c1-16-20(17-2,18-3)10-4-8-19-9-7-15-12-13-5-6-14(15)11-13/h5-6,13-15H,4,7-12H2,1-3H3. The summed E-state index contributed by atoms with van der Waals surface area (Å²) in [5.41, 5.74) is 0. The number of rotatable bonds is 10. The van der Waals surface area contributed by atoms with Crippen LogP contribution in [-0.2, 0) is 13.3 Å². The zero-order chi connectivity index (χ0) is 14.4. The van der Waals surface area contributed by atoms with Gasteiger partial charge in [-0.2, -0.15) is 11.8 Å². The van der Waals surface area contributed by atoms with Crippen molar-refractivity contribution in [3.8, 4) is 0 Å². The van der Waals surface area contributed by atoms with Crippen LogP contribution >= 0.6 is 11.8 Å². The Morgan fingerprint density at radius 1 is 1.05 bits per heavy atom. The summed E-state index contributed by atoms with van der Waals surface area (Å²) in [5, 5.41) is 0. The molecule has 0 aromatic carbocycles. The molecule has 2 rings (SSSR count). The van der Waals surface area contributed by atoms with E-state index in [4.69, 9.17) is 13.3 Å². The minimum absolute atomic E-state index is 0.899.